The van der Waals surface area contributed by atoms with E-state index >= 15 is 0 Å². The number of benzene rings is 1. The van der Waals surface area contributed by atoms with Crippen molar-refractivity contribution in [2.45, 2.75) is 11.3 Å². The highest BCUT2D eigenvalue weighted by Gasteiger charge is 2.20. The normalized spacial score (nSPS) is 14.7. The molecule has 27 heavy (non-hydrogen) atoms. The molecule has 1 aromatic carbocycles. The molecule has 156 valence electrons. The maximum atomic E-state index is 12.5. The zero-order chi connectivity index (χ0) is 18.3. The number of piperazine rings is 1. The first kappa shape index (κ1) is 26.2. The number of nitrogens with two attached hydrogens (primary N) is 1. The number of nitrogens with one attached hydrogen (secondary N) is 2. The Kier molecular flexibility index (Phi) is 12.2. The molecule has 12 heteroatoms. The fourth-order valence-electron chi connectivity index (χ4n) is 2.48. The average Bonchev–Trinajstić information content (AvgIpc) is 2.58. The van der Waals surface area contributed by atoms with Crippen LogP contribution in [0.1, 0.15) is 6.42 Å². The van der Waals surface area contributed by atoms with E-state index in [1.807, 2.05) is 0 Å². The summed E-state index contributed by atoms with van der Waals surface area (Å²) in [6.07, 6.45) is 0.692. The second kappa shape index (κ2) is 12.6. The summed E-state index contributed by atoms with van der Waals surface area (Å²) in [5, 5.41) is 3.53. The number of halogens is 3. The summed E-state index contributed by atoms with van der Waals surface area (Å²) in [7, 11) is -3.81. The van der Waals surface area contributed by atoms with Crippen LogP contribution in [-0.4, -0.2) is 65.1 Å². The first-order valence-electron chi connectivity index (χ1n) is 8.02. The van der Waals surface area contributed by atoms with Gasteiger partial charge in [0.25, 0.3) is 5.91 Å². The fourth-order valence-corrected chi connectivity index (χ4v) is 3.96. The number of rotatable bonds is 9. The van der Waals surface area contributed by atoms with Crippen LogP contribution in [0.3, 0.4) is 0 Å². The summed E-state index contributed by atoms with van der Waals surface area (Å²) in [4.78, 5) is 13.0. The molecule has 1 aliphatic rings. The van der Waals surface area contributed by atoms with Crippen molar-refractivity contribution >= 4 is 52.3 Å². The monoisotopic (exact) mass is 462 g/mol. The van der Waals surface area contributed by atoms with E-state index < -0.39 is 22.5 Å². The van der Waals surface area contributed by atoms with Crippen LogP contribution in [0.5, 0.6) is 5.75 Å². The highest BCUT2D eigenvalue weighted by atomic mass is 35.5. The van der Waals surface area contributed by atoms with E-state index in [2.05, 4.69) is 14.9 Å². The Morgan fingerprint density at radius 2 is 1.96 bits per heavy atom. The minimum absolute atomic E-state index is 0. The van der Waals surface area contributed by atoms with E-state index in [9.17, 15) is 13.2 Å². The summed E-state index contributed by atoms with van der Waals surface area (Å²) >= 11 is 5.90. The molecule has 0 aromatic heterocycles. The number of sulfonamides is 1. The topological polar surface area (TPSA) is 114 Å². The average molecular weight is 464 g/mol. The molecule has 1 heterocycles. The first-order chi connectivity index (χ1) is 11.9. The molecule has 0 unspecified atom stereocenters. The number of nitrogens with zero attached hydrogens (tertiary/aromatic N) is 1. The molecule has 8 nitrogen and oxygen atoms in total. The summed E-state index contributed by atoms with van der Waals surface area (Å²) in [6.45, 7) is 4.55. The molecule has 1 fully saturated rings. The van der Waals surface area contributed by atoms with Crippen LogP contribution in [0, 0.1) is 0 Å². The lowest BCUT2D eigenvalue weighted by Gasteiger charge is -2.27. The summed E-state index contributed by atoms with van der Waals surface area (Å²) in [5.74, 6) is -0.653. The molecule has 4 N–H and O–H groups in total. The molecule has 0 aliphatic carbocycles. The maximum Gasteiger partial charge on any atom is 0.255 e. The molecule has 0 bridgehead atoms. The SMILES string of the molecule is Cl.Cl.NC(=O)COc1ccc(Cl)cc1S(=O)(=O)NCCCN1CCNCC1. The van der Waals surface area contributed by atoms with E-state index in [1.165, 1.54) is 18.2 Å². The van der Waals surface area contributed by atoms with Gasteiger partial charge >= 0.3 is 0 Å². The van der Waals surface area contributed by atoms with Crippen molar-refractivity contribution in [2.24, 2.45) is 5.73 Å². The van der Waals surface area contributed by atoms with Gasteiger partial charge in [-0.3, -0.25) is 4.79 Å². The third kappa shape index (κ3) is 8.82. The van der Waals surface area contributed by atoms with Gasteiger partial charge in [-0.1, -0.05) is 11.6 Å². The summed E-state index contributed by atoms with van der Waals surface area (Å²) in [6, 6.07) is 4.18. The van der Waals surface area contributed by atoms with Crippen molar-refractivity contribution in [3.63, 3.8) is 0 Å². The van der Waals surface area contributed by atoms with E-state index in [0.29, 0.717) is 13.0 Å². The Hall–Kier alpha value is -0.810. The van der Waals surface area contributed by atoms with Crippen molar-refractivity contribution < 1.29 is 17.9 Å². The lowest BCUT2D eigenvalue weighted by Crippen LogP contribution is -2.44. The van der Waals surface area contributed by atoms with E-state index in [1.54, 1.807) is 0 Å². The van der Waals surface area contributed by atoms with Crippen LogP contribution >= 0.6 is 36.4 Å². The number of hydrogen-bond donors (Lipinski definition) is 3. The van der Waals surface area contributed by atoms with Crippen LogP contribution < -0.4 is 20.5 Å². The molecule has 0 saturated carbocycles. The Morgan fingerprint density at radius 3 is 2.59 bits per heavy atom. The van der Waals surface area contributed by atoms with Gasteiger partial charge in [-0.25, -0.2) is 13.1 Å². The van der Waals surface area contributed by atoms with E-state index in [0.717, 1.165) is 32.7 Å². The molecular formula is C15H25Cl3N4O4S. The molecule has 0 atom stereocenters. The Morgan fingerprint density at radius 1 is 1.30 bits per heavy atom. The number of hydrogen-bond acceptors (Lipinski definition) is 6. The van der Waals surface area contributed by atoms with Crippen molar-refractivity contribution in [3.05, 3.63) is 23.2 Å². The standard InChI is InChI=1S/C15H23ClN4O4S.2ClH/c16-12-2-3-13(24-11-15(17)21)14(10-12)25(22,23)19-4-1-7-20-8-5-18-6-9-20;;/h2-3,10,18-19H,1,4-9,11H2,(H2,17,21);2*1H. The van der Waals surface area contributed by atoms with Gasteiger partial charge in [-0.2, -0.15) is 0 Å². The van der Waals surface area contributed by atoms with Crippen LogP contribution in [0.2, 0.25) is 5.02 Å². The predicted octanol–water partition coefficient (Wildman–Crippen LogP) is 0.621. The van der Waals surface area contributed by atoms with Crippen LogP contribution in [0.15, 0.2) is 23.1 Å². The third-order valence-corrected chi connectivity index (χ3v) is 5.44. The third-order valence-electron chi connectivity index (χ3n) is 3.72. The highest BCUT2D eigenvalue weighted by molar-refractivity contribution is 7.89. The molecule has 1 amide bonds. The molecule has 2 rings (SSSR count). The van der Waals surface area contributed by atoms with Gasteiger partial charge in [0.15, 0.2) is 6.61 Å². The number of carbonyl (C=O) groups is 1. The zero-order valence-electron chi connectivity index (χ0n) is 14.6. The fraction of sp³-hybridized carbons (Fsp3) is 0.533. The maximum absolute atomic E-state index is 12.5. The minimum atomic E-state index is -3.81. The van der Waals surface area contributed by atoms with Crippen molar-refractivity contribution in [2.75, 3.05) is 45.9 Å². The van der Waals surface area contributed by atoms with Crippen molar-refractivity contribution in [3.8, 4) is 5.75 Å². The van der Waals surface area contributed by atoms with Crippen LogP contribution in [0.25, 0.3) is 0 Å². The molecule has 0 radical (unpaired) electrons. The number of carbonyl (C=O) groups excluding carboxylic acids is 1. The first-order valence-corrected chi connectivity index (χ1v) is 9.88. The van der Waals surface area contributed by atoms with Gasteiger partial charge in [-0.05, 0) is 31.2 Å². The van der Waals surface area contributed by atoms with Crippen LogP contribution in [0.4, 0.5) is 0 Å². The second-order valence-corrected chi connectivity index (χ2v) is 7.86. The molecular weight excluding hydrogens is 439 g/mol. The minimum Gasteiger partial charge on any atom is -0.482 e. The van der Waals surface area contributed by atoms with Gasteiger partial charge in [0.1, 0.15) is 10.6 Å². The van der Waals surface area contributed by atoms with E-state index in [-0.39, 0.29) is 40.5 Å². The Balaban J connectivity index is 0.00000338. The smallest absolute Gasteiger partial charge is 0.255 e. The Labute approximate surface area is 177 Å². The van der Waals surface area contributed by atoms with E-state index in [4.69, 9.17) is 22.1 Å². The number of amides is 1. The van der Waals surface area contributed by atoms with Gasteiger partial charge in [0, 0.05) is 37.7 Å². The zero-order valence-corrected chi connectivity index (χ0v) is 17.9. The predicted molar refractivity (Wildman–Crippen MR) is 110 cm³/mol. The lowest BCUT2D eigenvalue weighted by atomic mass is 10.3. The van der Waals surface area contributed by atoms with Crippen LogP contribution in [-0.2, 0) is 14.8 Å². The Bertz CT molecular complexity index is 700. The summed E-state index contributed by atoms with van der Waals surface area (Å²) < 4.78 is 32.7. The number of ether oxygens (including phenoxy) is 1. The second-order valence-electron chi connectivity index (χ2n) is 5.69. The summed E-state index contributed by atoms with van der Waals surface area (Å²) in [5.41, 5.74) is 5.03. The van der Waals surface area contributed by atoms with Gasteiger partial charge in [-0.15, -0.1) is 24.8 Å². The van der Waals surface area contributed by atoms with Gasteiger partial charge < -0.3 is 20.7 Å². The molecule has 1 saturated heterocycles. The molecule has 0 spiro atoms. The van der Waals surface area contributed by atoms with Gasteiger partial charge in [0.2, 0.25) is 10.0 Å². The largest absolute Gasteiger partial charge is 0.482 e. The highest BCUT2D eigenvalue weighted by Crippen LogP contribution is 2.27. The van der Waals surface area contributed by atoms with Crippen molar-refractivity contribution in [1.29, 1.82) is 0 Å². The van der Waals surface area contributed by atoms with Crippen molar-refractivity contribution in [1.82, 2.24) is 14.9 Å². The quantitative estimate of drug-likeness (QED) is 0.463. The number of primary amides is 1. The molecule has 1 aromatic rings. The van der Waals surface area contributed by atoms with Gasteiger partial charge in [0.05, 0.1) is 0 Å². The lowest BCUT2D eigenvalue weighted by molar-refractivity contribution is -0.120. The molecule has 1 aliphatic heterocycles.